The first-order chi connectivity index (χ1) is 8.09. The molecule has 3 N–H and O–H groups in total. The van der Waals surface area contributed by atoms with Crippen molar-refractivity contribution in [2.24, 2.45) is 5.73 Å². The van der Waals surface area contributed by atoms with Crippen molar-refractivity contribution in [2.45, 2.75) is 13.0 Å². The fraction of sp³-hybridized carbons (Fsp3) is 0.364. The molecule has 1 unspecified atom stereocenters. The number of nitrogens with two attached hydrogens (primary N) is 1. The van der Waals surface area contributed by atoms with E-state index in [2.05, 4.69) is 10.3 Å². The topological polar surface area (TPSA) is 71.2 Å². The van der Waals surface area contributed by atoms with Crippen molar-refractivity contribution in [3.63, 3.8) is 0 Å². The van der Waals surface area contributed by atoms with Gasteiger partial charge in [-0.3, -0.25) is 9.78 Å². The zero-order valence-corrected chi connectivity index (χ0v) is 10.3. The molecule has 17 heavy (non-hydrogen) atoms. The van der Waals surface area contributed by atoms with Gasteiger partial charge in [-0.2, -0.15) is 0 Å². The molecule has 0 spiro atoms. The second kappa shape index (κ2) is 4.67. The molecule has 0 bridgehead atoms. The molecule has 2 heterocycles. The molecule has 6 heteroatoms. The minimum Gasteiger partial charge on any atom is -0.388 e. The second-order valence-electron chi connectivity index (χ2n) is 3.92. The van der Waals surface area contributed by atoms with E-state index in [0.29, 0.717) is 12.2 Å². The maximum atomic E-state index is 11.6. The number of hydrogen-bond donors (Lipinski definition) is 2. The van der Waals surface area contributed by atoms with Crippen LogP contribution < -0.4 is 16.0 Å². The fourth-order valence-electron chi connectivity index (χ4n) is 1.87. The maximum absolute atomic E-state index is 11.6. The zero-order chi connectivity index (χ0) is 12.4. The van der Waals surface area contributed by atoms with Crippen molar-refractivity contribution < 1.29 is 4.79 Å². The average molecular weight is 250 g/mol. The summed E-state index contributed by atoms with van der Waals surface area (Å²) >= 11 is 4.89. The largest absolute Gasteiger partial charge is 0.388 e. The molecular formula is C11H14N4OS. The van der Waals surface area contributed by atoms with E-state index in [1.54, 1.807) is 6.20 Å². The number of aromatic nitrogens is 1. The van der Waals surface area contributed by atoms with E-state index >= 15 is 0 Å². The highest BCUT2D eigenvalue weighted by molar-refractivity contribution is 7.80. The van der Waals surface area contributed by atoms with E-state index in [4.69, 9.17) is 18.0 Å². The van der Waals surface area contributed by atoms with Crippen molar-refractivity contribution in [1.82, 2.24) is 10.3 Å². The molecule has 0 saturated carbocycles. The Labute approximate surface area is 105 Å². The number of carbonyl (C=O) groups is 1. The smallest absolute Gasteiger partial charge is 0.242 e. The van der Waals surface area contributed by atoms with Gasteiger partial charge in [0.1, 0.15) is 11.0 Å². The number of rotatable bonds is 2. The molecule has 1 saturated heterocycles. The highest BCUT2D eigenvalue weighted by atomic mass is 32.1. The van der Waals surface area contributed by atoms with Gasteiger partial charge in [0.05, 0.1) is 5.69 Å². The summed E-state index contributed by atoms with van der Waals surface area (Å²) in [7, 11) is 0. The summed E-state index contributed by atoms with van der Waals surface area (Å²) in [5, 5.41) is 2.82. The van der Waals surface area contributed by atoms with E-state index in [-0.39, 0.29) is 16.9 Å². The molecule has 1 fully saturated rings. The van der Waals surface area contributed by atoms with Crippen molar-refractivity contribution in [3.8, 4) is 0 Å². The van der Waals surface area contributed by atoms with E-state index in [9.17, 15) is 4.79 Å². The van der Waals surface area contributed by atoms with Crippen LogP contribution in [0.25, 0.3) is 0 Å². The Morgan fingerprint density at radius 3 is 3.18 bits per heavy atom. The number of anilines is 1. The first-order valence-corrected chi connectivity index (χ1v) is 5.80. The Morgan fingerprint density at radius 1 is 1.71 bits per heavy atom. The molecule has 5 nitrogen and oxygen atoms in total. The van der Waals surface area contributed by atoms with Crippen LogP contribution in [0.4, 0.5) is 5.69 Å². The molecule has 1 aromatic heterocycles. The number of thiocarbonyl (C=S) groups is 1. The molecule has 1 aliphatic heterocycles. The lowest BCUT2D eigenvalue weighted by Gasteiger charge is -2.34. The van der Waals surface area contributed by atoms with Gasteiger partial charge in [-0.25, -0.2) is 0 Å². The molecular weight excluding hydrogens is 236 g/mol. The predicted octanol–water partition coefficient (Wildman–Crippen LogP) is 0.0405. The van der Waals surface area contributed by atoms with E-state index in [0.717, 1.165) is 12.2 Å². The molecule has 0 aromatic carbocycles. The highest BCUT2D eigenvalue weighted by Crippen LogP contribution is 2.18. The quantitative estimate of drug-likeness (QED) is 0.725. The van der Waals surface area contributed by atoms with E-state index in [1.165, 1.54) is 0 Å². The van der Waals surface area contributed by atoms with Crippen molar-refractivity contribution >= 4 is 28.8 Å². The van der Waals surface area contributed by atoms with Gasteiger partial charge in [0.25, 0.3) is 0 Å². The minimum absolute atomic E-state index is 0.0323. The van der Waals surface area contributed by atoms with Crippen LogP contribution in [0.5, 0.6) is 0 Å². The Bertz CT molecular complexity index is 463. The molecule has 1 aliphatic rings. The third kappa shape index (κ3) is 2.36. The third-order valence-electron chi connectivity index (χ3n) is 2.83. The molecule has 1 amide bonds. The summed E-state index contributed by atoms with van der Waals surface area (Å²) in [5.74, 6) is 0.0323. The predicted molar refractivity (Wildman–Crippen MR) is 69.9 cm³/mol. The first kappa shape index (κ1) is 11.8. The maximum Gasteiger partial charge on any atom is 0.242 e. The van der Waals surface area contributed by atoms with Gasteiger partial charge >= 0.3 is 0 Å². The molecule has 0 radical (unpaired) electrons. The summed E-state index contributed by atoms with van der Waals surface area (Å²) in [5.41, 5.74) is 7.05. The number of amides is 1. The van der Waals surface area contributed by atoms with Crippen LogP contribution in [0.3, 0.4) is 0 Å². The van der Waals surface area contributed by atoms with Crippen LogP contribution >= 0.6 is 12.2 Å². The molecule has 0 aliphatic carbocycles. The van der Waals surface area contributed by atoms with Gasteiger partial charge < -0.3 is 16.0 Å². The Kier molecular flexibility index (Phi) is 3.23. The second-order valence-corrected chi connectivity index (χ2v) is 4.36. The number of hydrogen-bond acceptors (Lipinski definition) is 4. The number of carbonyl (C=O) groups excluding carboxylic acids is 1. The average Bonchev–Trinajstić information content (AvgIpc) is 2.33. The molecule has 90 valence electrons. The molecule has 1 aromatic rings. The number of nitrogens with one attached hydrogen (secondary N) is 1. The highest BCUT2D eigenvalue weighted by Gasteiger charge is 2.25. The third-order valence-corrected chi connectivity index (χ3v) is 3.04. The minimum atomic E-state index is -0.189. The van der Waals surface area contributed by atoms with Crippen LogP contribution in [-0.2, 0) is 4.79 Å². The number of piperazine rings is 1. The van der Waals surface area contributed by atoms with Crippen molar-refractivity contribution in [2.75, 3.05) is 18.0 Å². The summed E-state index contributed by atoms with van der Waals surface area (Å²) in [6.45, 7) is 3.29. The Balaban J connectivity index is 2.29. The Hall–Kier alpha value is -1.69. The van der Waals surface area contributed by atoms with Gasteiger partial charge in [-0.1, -0.05) is 12.2 Å². The van der Waals surface area contributed by atoms with Gasteiger partial charge in [-0.05, 0) is 19.1 Å². The normalized spacial score (nSPS) is 19.9. The zero-order valence-electron chi connectivity index (χ0n) is 9.51. The summed E-state index contributed by atoms with van der Waals surface area (Å²) in [4.78, 5) is 17.9. The summed E-state index contributed by atoms with van der Waals surface area (Å²) in [6, 6.07) is 3.49. The van der Waals surface area contributed by atoms with Crippen LogP contribution in [0.1, 0.15) is 12.6 Å². The lowest BCUT2D eigenvalue weighted by molar-refractivity contribution is -0.122. The molecule has 1 atom stereocenters. The van der Waals surface area contributed by atoms with Crippen molar-refractivity contribution in [1.29, 1.82) is 0 Å². The lowest BCUT2D eigenvalue weighted by Crippen LogP contribution is -2.54. The van der Waals surface area contributed by atoms with Gasteiger partial charge in [0.15, 0.2) is 0 Å². The first-order valence-electron chi connectivity index (χ1n) is 5.40. The van der Waals surface area contributed by atoms with Crippen LogP contribution in [-0.4, -0.2) is 35.0 Å². The number of nitrogens with zero attached hydrogens (tertiary/aromatic N) is 2. The molecule has 2 rings (SSSR count). The van der Waals surface area contributed by atoms with Crippen LogP contribution in [0.2, 0.25) is 0 Å². The summed E-state index contributed by atoms with van der Waals surface area (Å²) < 4.78 is 0. The number of pyridine rings is 1. The van der Waals surface area contributed by atoms with E-state index in [1.807, 2.05) is 24.0 Å². The SMILES string of the molecule is CC1C(=O)NCCN1c1ccnc(C(N)=S)c1. The van der Waals surface area contributed by atoms with E-state index < -0.39 is 0 Å². The van der Waals surface area contributed by atoms with Crippen LogP contribution in [0.15, 0.2) is 18.3 Å². The van der Waals surface area contributed by atoms with Crippen molar-refractivity contribution in [3.05, 3.63) is 24.0 Å². The standard InChI is InChI=1S/C11H14N4OS/c1-7-11(16)14-4-5-15(7)8-2-3-13-9(6-8)10(12)17/h2-3,6-7H,4-5H2,1H3,(H2,12,17)(H,14,16). The van der Waals surface area contributed by atoms with Gasteiger partial charge in [0.2, 0.25) is 5.91 Å². The van der Waals surface area contributed by atoms with Crippen LogP contribution in [0, 0.1) is 0 Å². The fourth-order valence-corrected chi connectivity index (χ4v) is 1.98. The Morgan fingerprint density at radius 2 is 2.47 bits per heavy atom. The summed E-state index contributed by atoms with van der Waals surface area (Å²) in [6.07, 6.45) is 1.66. The van der Waals surface area contributed by atoms with Gasteiger partial charge in [-0.15, -0.1) is 0 Å². The monoisotopic (exact) mass is 250 g/mol. The lowest BCUT2D eigenvalue weighted by atomic mass is 10.1. The van der Waals surface area contributed by atoms with Gasteiger partial charge in [0, 0.05) is 25.0 Å².